The topological polar surface area (TPSA) is 56.2 Å². The number of fused-ring (bicyclic) bond motifs is 1. The average Bonchev–Trinajstić information content (AvgIpc) is 3.16. The van der Waals surface area contributed by atoms with Crippen molar-refractivity contribution in [3.63, 3.8) is 0 Å². The van der Waals surface area contributed by atoms with Crippen molar-refractivity contribution in [1.82, 2.24) is 19.8 Å². The molecule has 4 aromatic rings. The minimum atomic E-state index is 0.705. The van der Waals surface area contributed by atoms with Gasteiger partial charge in [-0.1, -0.05) is 22.9 Å². The van der Waals surface area contributed by atoms with E-state index in [1.54, 1.807) is 4.52 Å². The third-order valence-electron chi connectivity index (χ3n) is 3.42. The second kappa shape index (κ2) is 4.93. The Morgan fingerprint density at radius 1 is 1.14 bits per heavy atom. The Balaban J connectivity index is 1.80. The van der Waals surface area contributed by atoms with Crippen LogP contribution in [0, 0.1) is 13.8 Å². The molecule has 110 valence electrons. The van der Waals surface area contributed by atoms with Gasteiger partial charge in [0.05, 0.1) is 5.56 Å². The largest absolute Gasteiger partial charge is 0.461 e. The molecule has 22 heavy (non-hydrogen) atoms. The third kappa shape index (κ3) is 2.12. The summed E-state index contributed by atoms with van der Waals surface area (Å²) in [7, 11) is 0. The molecule has 0 atom stereocenters. The molecule has 0 aliphatic carbocycles. The van der Waals surface area contributed by atoms with Gasteiger partial charge in [-0.25, -0.2) is 0 Å². The van der Waals surface area contributed by atoms with E-state index in [1.807, 2.05) is 44.2 Å². The summed E-state index contributed by atoms with van der Waals surface area (Å²) in [5.74, 6) is 2.40. The molecule has 0 unspecified atom stereocenters. The SMILES string of the molecule is Cc1oc(-c2ccc(Cl)cc2)cc1-c1nn2c(C)nnc2s1. The fourth-order valence-corrected chi connectivity index (χ4v) is 3.35. The highest BCUT2D eigenvalue weighted by molar-refractivity contribution is 7.19. The Bertz CT molecular complexity index is 967. The lowest BCUT2D eigenvalue weighted by Crippen LogP contribution is -1.88. The third-order valence-corrected chi connectivity index (χ3v) is 4.61. The molecule has 0 spiro atoms. The maximum atomic E-state index is 5.92. The molecular formula is C15H11ClN4OS. The molecule has 0 fully saturated rings. The molecule has 0 saturated carbocycles. The fourth-order valence-electron chi connectivity index (χ4n) is 2.27. The summed E-state index contributed by atoms with van der Waals surface area (Å²) in [6.45, 7) is 3.81. The molecule has 0 saturated heterocycles. The summed E-state index contributed by atoms with van der Waals surface area (Å²) in [4.78, 5) is 0.779. The number of benzene rings is 1. The number of halogens is 1. The first-order valence-corrected chi connectivity index (χ1v) is 7.87. The molecule has 0 aliphatic heterocycles. The first-order chi connectivity index (χ1) is 10.6. The molecule has 0 amide bonds. The normalized spacial score (nSPS) is 11.4. The zero-order chi connectivity index (χ0) is 15.3. The minimum Gasteiger partial charge on any atom is -0.461 e. The Kier molecular flexibility index (Phi) is 3.02. The molecule has 4 rings (SSSR count). The Morgan fingerprint density at radius 2 is 1.91 bits per heavy atom. The predicted octanol–water partition coefficient (Wildman–Crippen LogP) is 4.38. The molecule has 0 N–H and O–H groups in total. The lowest BCUT2D eigenvalue weighted by molar-refractivity contribution is 0.549. The molecule has 0 bridgehead atoms. The zero-order valence-electron chi connectivity index (χ0n) is 11.9. The van der Waals surface area contributed by atoms with Crippen molar-refractivity contribution >= 4 is 27.9 Å². The Labute approximate surface area is 135 Å². The van der Waals surface area contributed by atoms with E-state index < -0.39 is 0 Å². The van der Waals surface area contributed by atoms with Gasteiger partial charge in [-0.3, -0.25) is 0 Å². The number of hydrogen-bond donors (Lipinski definition) is 0. The van der Waals surface area contributed by atoms with Crippen LogP contribution in [0.5, 0.6) is 0 Å². The van der Waals surface area contributed by atoms with Crippen LogP contribution in [-0.4, -0.2) is 19.8 Å². The lowest BCUT2D eigenvalue weighted by Gasteiger charge is -1.95. The van der Waals surface area contributed by atoms with Crippen molar-refractivity contribution in [2.75, 3.05) is 0 Å². The van der Waals surface area contributed by atoms with Crippen LogP contribution in [0.4, 0.5) is 0 Å². The second-order valence-corrected chi connectivity index (χ2v) is 6.33. The summed E-state index contributed by atoms with van der Waals surface area (Å²) in [6, 6.07) is 9.57. The molecule has 3 aromatic heterocycles. The maximum absolute atomic E-state index is 5.92. The number of hydrogen-bond acceptors (Lipinski definition) is 5. The highest BCUT2D eigenvalue weighted by atomic mass is 35.5. The highest BCUT2D eigenvalue weighted by Gasteiger charge is 2.16. The van der Waals surface area contributed by atoms with E-state index in [9.17, 15) is 0 Å². The number of rotatable bonds is 2. The van der Waals surface area contributed by atoms with E-state index in [0.29, 0.717) is 5.02 Å². The Morgan fingerprint density at radius 3 is 2.64 bits per heavy atom. The van der Waals surface area contributed by atoms with Crippen molar-refractivity contribution < 1.29 is 4.42 Å². The van der Waals surface area contributed by atoms with Gasteiger partial charge in [0.2, 0.25) is 4.96 Å². The van der Waals surface area contributed by atoms with Crippen molar-refractivity contribution in [3.8, 4) is 21.9 Å². The quantitative estimate of drug-likeness (QED) is 0.547. The van der Waals surface area contributed by atoms with Gasteiger partial charge in [0.15, 0.2) is 10.8 Å². The van der Waals surface area contributed by atoms with Crippen LogP contribution < -0.4 is 0 Å². The van der Waals surface area contributed by atoms with Crippen LogP contribution in [0.2, 0.25) is 5.02 Å². The predicted molar refractivity (Wildman–Crippen MR) is 86.3 cm³/mol. The number of aryl methyl sites for hydroxylation is 2. The van der Waals surface area contributed by atoms with Gasteiger partial charge in [-0.05, 0) is 44.2 Å². The molecular weight excluding hydrogens is 320 g/mol. The van der Waals surface area contributed by atoms with E-state index in [1.165, 1.54) is 11.3 Å². The van der Waals surface area contributed by atoms with E-state index in [4.69, 9.17) is 16.0 Å². The number of furan rings is 1. The zero-order valence-corrected chi connectivity index (χ0v) is 13.4. The molecule has 7 heteroatoms. The number of nitrogens with zero attached hydrogens (tertiary/aromatic N) is 4. The average molecular weight is 331 g/mol. The summed E-state index contributed by atoms with van der Waals surface area (Å²) in [6.07, 6.45) is 0. The van der Waals surface area contributed by atoms with Gasteiger partial charge in [0.1, 0.15) is 11.5 Å². The smallest absolute Gasteiger partial charge is 0.234 e. The summed E-state index contributed by atoms with van der Waals surface area (Å²) in [5.41, 5.74) is 1.96. The van der Waals surface area contributed by atoms with Gasteiger partial charge in [0, 0.05) is 10.6 Å². The van der Waals surface area contributed by atoms with Crippen LogP contribution in [0.3, 0.4) is 0 Å². The highest BCUT2D eigenvalue weighted by Crippen LogP contribution is 2.34. The minimum absolute atomic E-state index is 0.705. The fraction of sp³-hybridized carbons (Fsp3) is 0.133. The maximum Gasteiger partial charge on any atom is 0.234 e. The van der Waals surface area contributed by atoms with Crippen molar-refractivity contribution in [2.45, 2.75) is 13.8 Å². The van der Waals surface area contributed by atoms with E-state index in [-0.39, 0.29) is 0 Å². The van der Waals surface area contributed by atoms with Gasteiger partial charge >= 0.3 is 0 Å². The van der Waals surface area contributed by atoms with Gasteiger partial charge in [-0.2, -0.15) is 9.61 Å². The van der Waals surface area contributed by atoms with Crippen LogP contribution in [0.25, 0.3) is 26.9 Å². The van der Waals surface area contributed by atoms with Crippen LogP contribution in [-0.2, 0) is 0 Å². The molecule has 0 radical (unpaired) electrons. The van der Waals surface area contributed by atoms with Crippen LogP contribution in [0.15, 0.2) is 34.7 Å². The summed E-state index contributed by atoms with van der Waals surface area (Å²) in [5, 5.41) is 14.2. The van der Waals surface area contributed by atoms with Gasteiger partial charge in [-0.15, -0.1) is 10.2 Å². The summed E-state index contributed by atoms with van der Waals surface area (Å²) < 4.78 is 7.62. The lowest BCUT2D eigenvalue weighted by atomic mass is 10.1. The number of aromatic nitrogens is 4. The van der Waals surface area contributed by atoms with Crippen LogP contribution >= 0.6 is 22.9 Å². The van der Waals surface area contributed by atoms with Gasteiger partial charge < -0.3 is 4.42 Å². The molecule has 1 aromatic carbocycles. The van der Waals surface area contributed by atoms with Crippen molar-refractivity contribution in [2.24, 2.45) is 0 Å². The first kappa shape index (κ1) is 13.5. The second-order valence-electron chi connectivity index (χ2n) is 4.94. The van der Waals surface area contributed by atoms with E-state index in [2.05, 4.69) is 15.3 Å². The van der Waals surface area contributed by atoms with Gasteiger partial charge in [0.25, 0.3) is 0 Å². The van der Waals surface area contributed by atoms with Crippen molar-refractivity contribution in [3.05, 3.63) is 46.9 Å². The standard InChI is InChI=1S/C15H11ClN4OS/c1-8-12(14-19-20-9(2)17-18-15(20)22-14)7-13(21-8)10-3-5-11(16)6-4-10/h3-7H,1-2H3. The summed E-state index contributed by atoms with van der Waals surface area (Å²) >= 11 is 7.42. The van der Waals surface area contributed by atoms with Crippen LogP contribution in [0.1, 0.15) is 11.6 Å². The van der Waals surface area contributed by atoms with E-state index >= 15 is 0 Å². The first-order valence-electron chi connectivity index (χ1n) is 6.67. The molecule has 0 aliphatic rings. The molecule has 5 nitrogen and oxygen atoms in total. The van der Waals surface area contributed by atoms with E-state index in [0.717, 1.165) is 38.4 Å². The van der Waals surface area contributed by atoms with Crippen molar-refractivity contribution in [1.29, 1.82) is 0 Å². The monoisotopic (exact) mass is 330 g/mol. The molecule has 3 heterocycles. The Hall–Kier alpha value is -2.18.